The number of nitrogens with one attached hydrogen (secondary N) is 2. The van der Waals surface area contributed by atoms with Crippen LogP contribution in [0.15, 0.2) is 24.3 Å². The number of hydrogen-bond donors (Lipinski definition) is 3. The van der Waals surface area contributed by atoms with Crippen molar-refractivity contribution in [2.75, 3.05) is 32.1 Å². The van der Waals surface area contributed by atoms with E-state index in [1.165, 1.54) is 0 Å². The molecule has 0 aromatic heterocycles. The summed E-state index contributed by atoms with van der Waals surface area (Å²) < 4.78 is 0. The topological polar surface area (TPSA) is 64.6 Å². The van der Waals surface area contributed by atoms with Gasteiger partial charge in [-0.15, -0.1) is 0 Å². The number of carbonyl (C=O) groups excluding carboxylic acids is 1. The Labute approximate surface area is 101 Å². The van der Waals surface area contributed by atoms with Crippen molar-refractivity contribution in [3.8, 4) is 0 Å². The van der Waals surface area contributed by atoms with Crippen molar-refractivity contribution in [2.24, 2.45) is 0 Å². The third-order valence-electron chi connectivity index (χ3n) is 2.28. The molecule has 0 saturated carbocycles. The number of aliphatic hydroxyl groups is 1. The molecule has 17 heavy (non-hydrogen) atoms. The summed E-state index contributed by atoms with van der Waals surface area (Å²) in [7, 11) is 3.95. The van der Waals surface area contributed by atoms with Gasteiger partial charge in [0.05, 0.1) is 6.61 Å². The number of urea groups is 1. The Balaban J connectivity index is 2.46. The summed E-state index contributed by atoms with van der Waals surface area (Å²) in [6.45, 7) is 0.687. The van der Waals surface area contributed by atoms with Crippen LogP contribution in [0.2, 0.25) is 0 Å². The fourth-order valence-electron chi connectivity index (χ4n) is 1.36. The minimum Gasteiger partial charge on any atom is -0.395 e. The summed E-state index contributed by atoms with van der Waals surface area (Å²) in [5, 5.41) is 13.8. The molecule has 0 fully saturated rings. The van der Waals surface area contributed by atoms with Crippen molar-refractivity contribution in [3.05, 3.63) is 29.8 Å². The van der Waals surface area contributed by atoms with E-state index < -0.39 is 0 Å². The van der Waals surface area contributed by atoms with Crippen molar-refractivity contribution in [3.63, 3.8) is 0 Å². The molecule has 5 heteroatoms. The summed E-state index contributed by atoms with van der Waals surface area (Å²) in [6, 6.07) is 7.67. The highest BCUT2D eigenvalue weighted by molar-refractivity contribution is 5.73. The molecule has 0 atom stereocenters. The van der Waals surface area contributed by atoms with E-state index in [0.29, 0.717) is 6.54 Å². The highest BCUT2D eigenvalue weighted by Gasteiger charge is 2.01. The quantitative estimate of drug-likeness (QED) is 0.700. The first-order valence-corrected chi connectivity index (χ1v) is 5.52. The summed E-state index contributed by atoms with van der Waals surface area (Å²) in [6.07, 6.45) is 0. The van der Waals surface area contributed by atoms with Crippen LogP contribution in [0.5, 0.6) is 0 Å². The standard InChI is InChI=1S/C12H19N3O2/c1-15(2)11-5-3-4-10(8-11)9-14-12(17)13-6-7-16/h3-5,8,16H,6-7,9H2,1-2H3,(H2,13,14,17). The lowest BCUT2D eigenvalue weighted by molar-refractivity contribution is 0.234. The smallest absolute Gasteiger partial charge is 0.315 e. The number of amides is 2. The van der Waals surface area contributed by atoms with Crippen LogP contribution in [0.4, 0.5) is 10.5 Å². The van der Waals surface area contributed by atoms with Crippen molar-refractivity contribution < 1.29 is 9.90 Å². The van der Waals surface area contributed by atoms with Gasteiger partial charge in [-0.2, -0.15) is 0 Å². The van der Waals surface area contributed by atoms with Crippen LogP contribution in [0.25, 0.3) is 0 Å². The van der Waals surface area contributed by atoms with E-state index in [0.717, 1.165) is 11.3 Å². The predicted octanol–water partition coefficient (Wildman–Crippen LogP) is 0.544. The highest BCUT2D eigenvalue weighted by Crippen LogP contribution is 2.12. The summed E-state index contributed by atoms with van der Waals surface area (Å²) in [5.74, 6) is 0. The van der Waals surface area contributed by atoms with E-state index >= 15 is 0 Å². The maximum absolute atomic E-state index is 11.3. The number of aliphatic hydroxyl groups excluding tert-OH is 1. The molecule has 0 heterocycles. The van der Waals surface area contributed by atoms with E-state index in [9.17, 15) is 4.79 Å². The molecular formula is C12H19N3O2. The summed E-state index contributed by atoms with van der Waals surface area (Å²) >= 11 is 0. The third-order valence-corrected chi connectivity index (χ3v) is 2.28. The zero-order valence-electron chi connectivity index (χ0n) is 10.2. The van der Waals surface area contributed by atoms with Crippen molar-refractivity contribution in [2.45, 2.75) is 6.54 Å². The first kappa shape index (κ1) is 13.3. The minimum absolute atomic E-state index is 0.0520. The lowest BCUT2D eigenvalue weighted by Crippen LogP contribution is -2.36. The number of nitrogens with zero attached hydrogens (tertiary/aromatic N) is 1. The Morgan fingerprint density at radius 1 is 1.35 bits per heavy atom. The van der Waals surface area contributed by atoms with Gasteiger partial charge in [-0.3, -0.25) is 0 Å². The van der Waals surface area contributed by atoms with Crippen molar-refractivity contribution in [1.82, 2.24) is 10.6 Å². The lowest BCUT2D eigenvalue weighted by atomic mass is 10.2. The van der Waals surface area contributed by atoms with Crippen molar-refractivity contribution in [1.29, 1.82) is 0 Å². The second-order valence-corrected chi connectivity index (χ2v) is 3.90. The Morgan fingerprint density at radius 2 is 2.12 bits per heavy atom. The zero-order valence-corrected chi connectivity index (χ0v) is 10.2. The molecule has 3 N–H and O–H groups in total. The Morgan fingerprint density at radius 3 is 2.76 bits per heavy atom. The van der Waals surface area contributed by atoms with Crippen molar-refractivity contribution >= 4 is 11.7 Å². The summed E-state index contributed by atoms with van der Waals surface area (Å²) in [4.78, 5) is 13.3. The molecule has 5 nitrogen and oxygen atoms in total. The Kier molecular flexibility index (Phi) is 5.29. The van der Waals surface area contributed by atoms with E-state index in [1.54, 1.807) is 0 Å². The van der Waals surface area contributed by atoms with Gasteiger partial charge >= 0.3 is 6.03 Å². The molecule has 1 aromatic carbocycles. The van der Waals surface area contributed by atoms with Crippen LogP contribution >= 0.6 is 0 Å². The molecule has 0 unspecified atom stereocenters. The zero-order chi connectivity index (χ0) is 12.7. The maximum Gasteiger partial charge on any atom is 0.315 e. The summed E-state index contributed by atoms with van der Waals surface area (Å²) in [5.41, 5.74) is 2.13. The van der Waals surface area contributed by atoms with E-state index in [1.807, 2.05) is 43.3 Å². The van der Waals surface area contributed by atoms with Crippen LogP contribution in [-0.4, -0.2) is 38.4 Å². The van der Waals surface area contributed by atoms with Crippen LogP contribution in [0.1, 0.15) is 5.56 Å². The van der Waals surface area contributed by atoms with Gasteiger partial charge in [-0.25, -0.2) is 4.79 Å². The predicted molar refractivity (Wildman–Crippen MR) is 68.1 cm³/mol. The fourth-order valence-corrected chi connectivity index (χ4v) is 1.36. The maximum atomic E-state index is 11.3. The van der Waals surface area contributed by atoms with Gasteiger partial charge in [0, 0.05) is 32.9 Å². The molecule has 1 aromatic rings. The van der Waals surface area contributed by atoms with Crippen LogP contribution in [-0.2, 0) is 6.54 Å². The van der Waals surface area contributed by atoms with Gasteiger partial charge < -0.3 is 20.6 Å². The molecule has 0 aliphatic heterocycles. The molecular weight excluding hydrogens is 218 g/mol. The Hall–Kier alpha value is -1.75. The van der Waals surface area contributed by atoms with Gasteiger partial charge in [0.25, 0.3) is 0 Å². The fraction of sp³-hybridized carbons (Fsp3) is 0.417. The van der Waals surface area contributed by atoms with Gasteiger partial charge in [0.2, 0.25) is 0 Å². The minimum atomic E-state index is -0.269. The molecule has 94 valence electrons. The molecule has 0 aliphatic rings. The molecule has 0 saturated heterocycles. The third kappa shape index (κ3) is 4.74. The van der Waals surface area contributed by atoms with Gasteiger partial charge in [0.15, 0.2) is 0 Å². The van der Waals surface area contributed by atoms with Crippen LogP contribution in [0, 0.1) is 0 Å². The normalized spacial score (nSPS) is 9.82. The number of carbonyl (C=O) groups is 1. The highest BCUT2D eigenvalue weighted by atomic mass is 16.3. The molecule has 1 rings (SSSR count). The van der Waals surface area contributed by atoms with Gasteiger partial charge in [0.1, 0.15) is 0 Å². The Bertz CT molecular complexity index is 367. The number of hydrogen-bond acceptors (Lipinski definition) is 3. The van der Waals surface area contributed by atoms with Crippen LogP contribution < -0.4 is 15.5 Å². The molecule has 0 aliphatic carbocycles. The first-order valence-electron chi connectivity index (χ1n) is 5.52. The monoisotopic (exact) mass is 237 g/mol. The molecule has 0 bridgehead atoms. The SMILES string of the molecule is CN(C)c1cccc(CNC(=O)NCCO)c1. The number of rotatable bonds is 5. The average Bonchev–Trinajstić information content (AvgIpc) is 2.34. The number of anilines is 1. The average molecular weight is 237 g/mol. The van der Waals surface area contributed by atoms with Crippen LogP contribution in [0.3, 0.4) is 0 Å². The second-order valence-electron chi connectivity index (χ2n) is 3.90. The van der Waals surface area contributed by atoms with E-state index in [4.69, 9.17) is 5.11 Å². The van der Waals surface area contributed by atoms with Gasteiger partial charge in [-0.05, 0) is 17.7 Å². The first-order chi connectivity index (χ1) is 8.13. The second kappa shape index (κ2) is 6.75. The van der Waals surface area contributed by atoms with E-state index in [2.05, 4.69) is 10.6 Å². The lowest BCUT2D eigenvalue weighted by Gasteiger charge is -2.14. The van der Waals surface area contributed by atoms with E-state index in [-0.39, 0.29) is 19.2 Å². The molecule has 2 amide bonds. The number of benzene rings is 1. The molecule has 0 spiro atoms. The largest absolute Gasteiger partial charge is 0.395 e. The molecule has 0 radical (unpaired) electrons. The van der Waals surface area contributed by atoms with Gasteiger partial charge in [-0.1, -0.05) is 12.1 Å².